The SMILES string of the molecule is CCC(=O)c1ccc(O)c2c1CC1CC3[C@H](N(C)C)C(=O)C(C(N)=O)=C(O)[C@@]3(O)C(=O)C1=C2O. The van der Waals surface area contributed by atoms with Gasteiger partial charge in [-0.25, -0.2) is 0 Å². The van der Waals surface area contributed by atoms with Crippen molar-refractivity contribution in [2.45, 2.75) is 37.8 Å². The van der Waals surface area contributed by atoms with E-state index in [1.807, 2.05) is 0 Å². The number of phenolic OH excluding ortho intramolecular Hbond substituents is 1. The zero-order valence-electron chi connectivity index (χ0n) is 19.0. The number of ketones is 3. The molecule has 1 saturated carbocycles. The highest BCUT2D eigenvalue weighted by atomic mass is 16.3. The van der Waals surface area contributed by atoms with E-state index < -0.39 is 58.0 Å². The van der Waals surface area contributed by atoms with Gasteiger partial charge in [-0.3, -0.25) is 24.1 Å². The highest BCUT2D eigenvalue weighted by molar-refractivity contribution is 6.24. The molecule has 3 aliphatic carbocycles. The van der Waals surface area contributed by atoms with Crippen molar-refractivity contribution >= 4 is 29.0 Å². The van der Waals surface area contributed by atoms with Crippen LogP contribution in [0.2, 0.25) is 0 Å². The summed E-state index contributed by atoms with van der Waals surface area (Å²) in [4.78, 5) is 52.6. The van der Waals surface area contributed by atoms with Crippen LogP contribution in [0, 0.1) is 11.8 Å². The van der Waals surface area contributed by atoms with Crippen molar-refractivity contribution in [2.24, 2.45) is 17.6 Å². The molecule has 10 nitrogen and oxygen atoms in total. The van der Waals surface area contributed by atoms with Gasteiger partial charge in [-0.15, -0.1) is 0 Å². The monoisotopic (exact) mass is 470 g/mol. The summed E-state index contributed by atoms with van der Waals surface area (Å²) >= 11 is 0. The molecular formula is C24H26N2O8. The van der Waals surface area contributed by atoms with E-state index in [-0.39, 0.29) is 41.9 Å². The number of carbonyl (C=O) groups is 4. The van der Waals surface area contributed by atoms with Crippen molar-refractivity contribution in [1.29, 1.82) is 0 Å². The quantitative estimate of drug-likeness (QED) is 0.310. The molecule has 34 heavy (non-hydrogen) atoms. The van der Waals surface area contributed by atoms with Crippen LogP contribution in [-0.4, -0.2) is 74.3 Å². The smallest absolute Gasteiger partial charge is 0.255 e. The number of nitrogens with two attached hydrogens (primary N) is 1. The van der Waals surface area contributed by atoms with Gasteiger partial charge in [0.25, 0.3) is 5.91 Å². The van der Waals surface area contributed by atoms with Gasteiger partial charge in [-0.2, -0.15) is 0 Å². The Morgan fingerprint density at radius 2 is 1.82 bits per heavy atom. The maximum atomic E-state index is 13.7. The number of hydrogen-bond acceptors (Lipinski definition) is 9. The number of Topliss-reactive ketones (excluding diaryl/α,β-unsaturated/α-hetero) is 3. The zero-order valence-corrected chi connectivity index (χ0v) is 19.0. The van der Waals surface area contributed by atoms with Crippen LogP contribution >= 0.6 is 0 Å². The van der Waals surface area contributed by atoms with Crippen LogP contribution < -0.4 is 5.73 Å². The molecule has 4 atom stereocenters. The van der Waals surface area contributed by atoms with Crippen LogP contribution in [0.25, 0.3) is 5.76 Å². The first kappa shape index (κ1) is 23.7. The minimum absolute atomic E-state index is 0.0266. The molecule has 0 aromatic heterocycles. The Morgan fingerprint density at radius 1 is 1.18 bits per heavy atom. The largest absolute Gasteiger partial charge is 0.508 e. The van der Waals surface area contributed by atoms with Crippen molar-refractivity contribution in [2.75, 3.05) is 14.1 Å². The van der Waals surface area contributed by atoms with Gasteiger partial charge in [0.05, 0.1) is 11.6 Å². The average molecular weight is 470 g/mol. The molecule has 2 unspecified atom stereocenters. The van der Waals surface area contributed by atoms with Gasteiger partial charge < -0.3 is 26.2 Å². The second-order valence-electron chi connectivity index (χ2n) is 9.22. The summed E-state index contributed by atoms with van der Waals surface area (Å²) < 4.78 is 0. The van der Waals surface area contributed by atoms with Crippen LogP contribution in [0.3, 0.4) is 0 Å². The number of rotatable bonds is 4. The molecule has 1 aromatic carbocycles. The first-order valence-electron chi connectivity index (χ1n) is 10.9. The van der Waals surface area contributed by atoms with Crippen molar-refractivity contribution in [3.8, 4) is 5.75 Å². The number of aromatic hydroxyl groups is 1. The third-order valence-electron chi connectivity index (χ3n) is 7.23. The molecule has 1 aromatic rings. The molecule has 4 rings (SSSR count). The van der Waals surface area contributed by atoms with Crippen molar-refractivity contribution < 1.29 is 39.6 Å². The Hall–Kier alpha value is -3.50. The predicted octanol–water partition coefficient (Wildman–Crippen LogP) is 0.557. The second-order valence-corrected chi connectivity index (χ2v) is 9.22. The molecule has 3 aliphatic rings. The number of primary amides is 1. The highest BCUT2D eigenvalue weighted by Crippen LogP contribution is 2.52. The Labute approximate surface area is 195 Å². The van der Waals surface area contributed by atoms with Crippen molar-refractivity contribution in [1.82, 2.24) is 4.90 Å². The van der Waals surface area contributed by atoms with Crippen LogP contribution in [0.15, 0.2) is 29.0 Å². The lowest BCUT2D eigenvalue weighted by molar-refractivity contribution is -0.153. The first-order chi connectivity index (χ1) is 15.9. The van der Waals surface area contributed by atoms with E-state index in [9.17, 15) is 39.6 Å². The zero-order chi connectivity index (χ0) is 25.3. The maximum Gasteiger partial charge on any atom is 0.255 e. The minimum Gasteiger partial charge on any atom is -0.508 e. The lowest BCUT2D eigenvalue weighted by Crippen LogP contribution is -2.65. The maximum absolute atomic E-state index is 13.7. The normalized spacial score (nSPS) is 28.6. The van der Waals surface area contributed by atoms with Crippen LogP contribution in [0.1, 0.15) is 41.3 Å². The third kappa shape index (κ3) is 2.95. The lowest BCUT2D eigenvalue weighted by Gasteiger charge is -2.50. The van der Waals surface area contributed by atoms with Crippen LogP contribution in [0.5, 0.6) is 5.75 Å². The molecule has 1 amide bonds. The second kappa shape index (κ2) is 7.78. The molecule has 0 bridgehead atoms. The van der Waals surface area contributed by atoms with E-state index in [0.717, 1.165) is 0 Å². The average Bonchev–Trinajstić information content (AvgIpc) is 2.75. The van der Waals surface area contributed by atoms with E-state index >= 15 is 0 Å². The number of phenols is 1. The fraction of sp³-hybridized carbons (Fsp3) is 0.417. The van der Waals surface area contributed by atoms with E-state index in [2.05, 4.69) is 0 Å². The topological polar surface area (TPSA) is 178 Å². The van der Waals surface area contributed by atoms with E-state index in [1.165, 1.54) is 31.1 Å². The summed E-state index contributed by atoms with van der Waals surface area (Å²) in [7, 11) is 3.06. The molecule has 0 saturated heterocycles. The Balaban J connectivity index is 1.99. The number of amides is 1. The minimum atomic E-state index is -2.68. The van der Waals surface area contributed by atoms with Gasteiger partial charge in [0.15, 0.2) is 17.2 Å². The fourth-order valence-corrected chi connectivity index (χ4v) is 5.70. The molecule has 0 heterocycles. The number of aliphatic hydroxyl groups excluding tert-OH is 2. The number of fused-ring (bicyclic) bond motifs is 3. The van der Waals surface area contributed by atoms with Gasteiger partial charge in [-0.1, -0.05) is 6.92 Å². The molecule has 6 N–H and O–H groups in total. The summed E-state index contributed by atoms with van der Waals surface area (Å²) in [5.41, 5.74) is 2.09. The van der Waals surface area contributed by atoms with Crippen LogP contribution in [0.4, 0.5) is 0 Å². The van der Waals surface area contributed by atoms with Gasteiger partial charge in [0.1, 0.15) is 22.8 Å². The van der Waals surface area contributed by atoms with Crippen molar-refractivity contribution in [3.63, 3.8) is 0 Å². The lowest BCUT2D eigenvalue weighted by atomic mass is 9.57. The highest BCUT2D eigenvalue weighted by Gasteiger charge is 2.64. The molecule has 0 radical (unpaired) electrons. The standard InChI is InChI=1S/C24H26N2O8/c1-4-13(27)10-5-6-14(28)16-11(10)7-9-8-12-18(26(2)3)20(30)17(23(25)33)22(32)24(12,34)21(31)15(9)19(16)29/h5-6,9,12,18,28-29,32,34H,4,7-8H2,1-3H3,(H2,25,33)/t9?,12?,18-,24-/m0/s1. The van der Waals surface area contributed by atoms with Gasteiger partial charge in [0, 0.05) is 23.5 Å². The van der Waals surface area contributed by atoms with Gasteiger partial charge in [-0.05, 0) is 50.6 Å². The number of carbonyl (C=O) groups excluding carboxylic acids is 4. The van der Waals surface area contributed by atoms with Gasteiger partial charge >= 0.3 is 0 Å². The van der Waals surface area contributed by atoms with Gasteiger partial charge in [0.2, 0.25) is 5.78 Å². The van der Waals surface area contributed by atoms with E-state index in [0.29, 0.717) is 11.1 Å². The summed E-state index contributed by atoms with van der Waals surface area (Å²) in [5.74, 6) is -7.37. The molecule has 1 fully saturated rings. The summed E-state index contributed by atoms with van der Waals surface area (Å²) in [6.45, 7) is 1.68. The predicted molar refractivity (Wildman–Crippen MR) is 119 cm³/mol. The number of hydrogen-bond donors (Lipinski definition) is 5. The fourth-order valence-electron chi connectivity index (χ4n) is 5.70. The molecule has 0 spiro atoms. The summed E-state index contributed by atoms with van der Waals surface area (Å²) in [6.07, 6.45) is 0.247. The number of nitrogens with zero attached hydrogens (tertiary/aromatic N) is 1. The molecule has 0 aliphatic heterocycles. The summed E-state index contributed by atoms with van der Waals surface area (Å²) in [6, 6.07) is 1.55. The van der Waals surface area contributed by atoms with Crippen LogP contribution in [-0.2, 0) is 20.8 Å². The first-order valence-corrected chi connectivity index (χ1v) is 10.9. The van der Waals surface area contributed by atoms with E-state index in [1.54, 1.807) is 6.92 Å². The molecular weight excluding hydrogens is 444 g/mol. The molecule has 180 valence electrons. The number of aliphatic hydroxyl groups is 3. The number of likely N-dealkylation sites (N-methyl/N-ethyl adjacent to an activating group) is 1. The number of benzene rings is 1. The Kier molecular flexibility index (Phi) is 5.41. The van der Waals surface area contributed by atoms with Crippen molar-refractivity contribution in [3.05, 3.63) is 45.7 Å². The summed E-state index contributed by atoms with van der Waals surface area (Å²) in [5, 5.41) is 43.8. The molecule has 10 heteroatoms. The Bertz CT molecular complexity index is 1230. The third-order valence-corrected chi connectivity index (χ3v) is 7.23. The Morgan fingerprint density at radius 3 is 2.38 bits per heavy atom. The van der Waals surface area contributed by atoms with E-state index in [4.69, 9.17) is 5.73 Å².